The normalized spacial score (nSPS) is 11.3. The van der Waals surface area contributed by atoms with E-state index in [4.69, 9.17) is 9.73 Å². The van der Waals surface area contributed by atoms with Gasteiger partial charge >= 0.3 is 0 Å². The maximum atomic E-state index is 5.37. The summed E-state index contributed by atoms with van der Waals surface area (Å²) in [6.45, 7) is 10.1. The molecule has 0 unspecified atom stereocenters. The lowest BCUT2D eigenvalue weighted by atomic mass is 10.3. The predicted molar refractivity (Wildman–Crippen MR) is 109 cm³/mol. The molecule has 0 aliphatic rings. The standard InChI is InChI=1S/C16H32N6O.HI/c1-6-8-11-21(4)16(17-10-9-12-23-7-2)18-13-15-20-19-14(3)22(15)5;/h6-13H2,1-5H3,(H,17,18);1H. The van der Waals surface area contributed by atoms with Gasteiger partial charge < -0.3 is 19.5 Å². The van der Waals surface area contributed by atoms with E-state index >= 15 is 0 Å². The van der Waals surface area contributed by atoms with E-state index in [2.05, 4.69) is 34.4 Å². The number of hydrogen-bond acceptors (Lipinski definition) is 4. The van der Waals surface area contributed by atoms with Crippen molar-refractivity contribution in [1.82, 2.24) is 25.0 Å². The molecule has 1 N–H and O–H groups in total. The molecule has 0 fully saturated rings. The van der Waals surface area contributed by atoms with Gasteiger partial charge in [-0.1, -0.05) is 13.3 Å². The number of nitrogens with zero attached hydrogens (tertiary/aromatic N) is 5. The molecule has 0 saturated carbocycles. The molecule has 8 heteroatoms. The van der Waals surface area contributed by atoms with Crippen LogP contribution < -0.4 is 5.32 Å². The zero-order valence-electron chi connectivity index (χ0n) is 15.7. The quantitative estimate of drug-likeness (QED) is 0.256. The van der Waals surface area contributed by atoms with Gasteiger partial charge in [-0.05, 0) is 26.7 Å². The predicted octanol–water partition coefficient (Wildman–Crippen LogP) is 2.35. The van der Waals surface area contributed by atoms with Gasteiger partial charge in [0.1, 0.15) is 12.4 Å². The maximum Gasteiger partial charge on any atom is 0.194 e. The molecular formula is C16H33IN6O. The number of rotatable bonds is 10. The van der Waals surface area contributed by atoms with Gasteiger partial charge in [0.2, 0.25) is 0 Å². The summed E-state index contributed by atoms with van der Waals surface area (Å²) in [4.78, 5) is 6.88. The first-order valence-corrected chi connectivity index (χ1v) is 8.52. The van der Waals surface area contributed by atoms with Crippen LogP contribution in [0.1, 0.15) is 44.8 Å². The molecule has 0 spiro atoms. The highest BCUT2D eigenvalue weighted by atomic mass is 127. The van der Waals surface area contributed by atoms with Crippen molar-refractivity contribution in [3.63, 3.8) is 0 Å². The zero-order chi connectivity index (χ0) is 17.1. The van der Waals surface area contributed by atoms with Crippen LogP contribution in [-0.2, 0) is 18.3 Å². The fourth-order valence-corrected chi connectivity index (χ4v) is 2.07. The van der Waals surface area contributed by atoms with E-state index in [-0.39, 0.29) is 24.0 Å². The molecule has 24 heavy (non-hydrogen) atoms. The van der Waals surface area contributed by atoms with Crippen molar-refractivity contribution < 1.29 is 4.74 Å². The first-order chi connectivity index (χ1) is 11.1. The molecule has 7 nitrogen and oxygen atoms in total. The lowest BCUT2D eigenvalue weighted by Gasteiger charge is -2.22. The third kappa shape index (κ3) is 8.27. The monoisotopic (exact) mass is 452 g/mol. The Morgan fingerprint density at radius 3 is 2.62 bits per heavy atom. The van der Waals surface area contributed by atoms with E-state index in [9.17, 15) is 0 Å². The van der Waals surface area contributed by atoms with Crippen LogP contribution in [-0.4, -0.2) is 59.0 Å². The van der Waals surface area contributed by atoms with Gasteiger partial charge in [-0.3, -0.25) is 0 Å². The van der Waals surface area contributed by atoms with E-state index in [0.717, 1.165) is 56.8 Å². The number of aromatic nitrogens is 3. The summed E-state index contributed by atoms with van der Waals surface area (Å²) in [5, 5.41) is 11.7. The fraction of sp³-hybridized carbons (Fsp3) is 0.812. The van der Waals surface area contributed by atoms with Crippen molar-refractivity contribution in [2.75, 3.05) is 33.4 Å². The van der Waals surface area contributed by atoms with Crippen LogP contribution in [0.15, 0.2) is 4.99 Å². The van der Waals surface area contributed by atoms with Gasteiger partial charge in [0, 0.05) is 40.4 Å². The van der Waals surface area contributed by atoms with Crippen LogP contribution in [0.2, 0.25) is 0 Å². The second kappa shape index (κ2) is 13.4. The average molecular weight is 452 g/mol. The van der Waals surface area contributed by atoms with E-state index in [1.807, 2.05) is 25.5 Å². The van der Waals surface area contributed by atoms with Crippen molar-refractivity contribution in [2.24, 2.45) is 12.0 Å². The number of nitrogens with one attached hydrogen (secondary N) is 1. The third-order valence-electron chi connectivity index (χ3n) is 3.71. The Morgan fingerprint density at radius 1 is 1.29 bits per heavy atom. The number of guanidine groups is 1. The Hall–Kier alpha value is -0.900. The molecule has 0 aliphatic heterocycles. The van der Waals surface area contributed by atoms with E-state index < -0.39 is 0 Å². The molecule has 1 aromatic heterocycles. The molecular weight excluding hydrogens is 419 g/mol. The molecule has 0 saturated heterocycles. The molecule has 1 aromatic rings. The lowest BCUT2D eigenvalue weighted by Crippen LogP contribution is -2.40. The number of ether oxygens (including phenoxy) is 1. The Labute approximate surface area is 163 Å². The molecule has 1 rings (SSSR count). The van der Waals surface area contributed by atoms with Crippen molar-refractivity contribution in [3.05, 3.63) is 11.6 Å². The first kappa shape index (κ1) is 23.1. The molecule has 140 valence electrons. The zero-order valence-corrected chi connectivity index (χ0v) is 18.0. The molecule has 0 atom stereocenters. The summed E-state index contributed by atoms with van der Waals surface area (Å²) in [5.74, 6) is 2.69. The molecule has 0 bridgehead atoms. The summed E-state index contributed by atoms with van der Waals surface area (Å²) in [6, 6.07) is 0. The van der Waals surface area contributed by atoms with Crippen molar-refractivity contribution in [1.29, 1.82) is 0 Å². The summed E-state index contributed by atoms with van der Waals surface area (Å²) < 4.78 is 7.35. The highest BCUT2D eigenvalue weighted by Crippen LogP contribution is 2.01. The van der Waals surface area contributed by atoms with Crippen molar-refractivity contribution in [2.45, 2.75) is 46.6 Å². The van der Waals surface area contributed by atoms with E-state index in [1.54, 1.807) is 0 Å². The highest BCUT2D eigenvalue weighted by Gasteiger charge is 2.08. The number of unbranched alkanes of at least 4 members (excludes halogenated alkanes) is 1. The Morgan fingerprint density at radius 2 is 2.04 bits per heavy atom. The van der Waals surface area contributed by atoms with Crippen LogP contribution >= 0.6 is 24.0 Å². The smallest absolute Gasteiger partial charge is 0.194 e. The average Bonchev–Trinajstić information content (AvgIpc) is 2.87. The van der Waals surface area contributed by atoms with Crippen LogP contribution in [0.5, 0.6) is 0 Å². The Balaban J connectivity index is 0.00000529. The van der Waals surface area contributed by atoms with E-state index in [0.29, 0.717) is 6.54 Å². The molecule has 1 heterocycles. The number of aryl methyl sites for hydroxylation is 1. The molecule has 0 aromatic carbocycles. The van der Waals surface area contributed by atoms with Gasteiger partial charge in [-0.25, -0.2) is 4.99 Å². The number of hydrogen-bond donors (Lipinski definition) is 1. The van der Waals surface area contributed by atoms with Gasteiger partial charge in [0.05, 0.1) is 0 Å². The van der Waals surface area contributed by atoms with Crippen LogP contribution in [0, 0.1) is 6.92 Å². The van der Waals surface area contributed by atoms with Crippen LogP contribution in [0.3, 0.4) is 0 Å². The topological polar surface area (TPSA) is 67.6 Å². The Bertz CT molecular complexity index is 477. The van der Waals surface area contributed by atoms with Gasteiger partial charge in [-0.15, -0.1) is 34.2 Å². The van der Waals surface area contributed by atoms with Crippen LogP contribution in [0.25, 0.3) is 0 Å². The maximum absolute atomic E-state index is 5.37. The fourth-order valence-electron chi connectivity index (χ4n) is 2.07. The van der Waals surface area contributed by atoms with Gasteiger partial charge in [0.15, 0.2) is 11.8 Å². The summed E-state index contributed by atoms with van der Waals surface area (Å²) >= 11 is 0. The van der Waals surface area contributed by atoms with Crippen molar-refractivity contribution >= 4 is 29.9 Å². The van der Waals surface area contributed by atoms with Crippen LogP contribution in [0.4, 0.5) is 0 Å². The lowest BCUT2D eigenvalue weighted by molar-refractivity contribution is 0.145. The van der Waals surface area contributed by atoms with Gasteiger partial charge in [0.25, 0.3) is 0 Å². The summed E-state index contributed by atoms with van der Waals surface area (Å²) in [5.41, 5.74) is 0. The first-order valence-electron chi connectivity index (χ1n) is 8.52. The molecule has 0 aliphatic carbocycles. The second-order valence-corrected chi connectivity index (χ2v) is 5.61. The number of halogens is 1. The minimum Gasteiger partial charge on any atom is -0.382 e. The number of aliphatic imine (C=N–C) groups is 1. The summed E-state index contributed by atoms with van der Waals surface area (Å²) in [7, 11) is 4.04. The van der Waals surface area contributed by atoms with E-state index in [1.165, 1.54) is 6.42 Å². The SMILES string of the molecule is CCCCN(C)C(=NCc1nnc(C)n1C)NCCCOCC.I. The van der Waals surface area contributed by atoms with Crippen molar-refractivity contribution in [3.8, 4) is 0 Å². The minimum atomic E-state index is 0. The third-order valence-corrected chi connectivity index (χ3v) is 3.71. The largest absolute Gasteiger partial charge is 0.382 e. The summed E-state index contributed by atoms with van der Waals surface area (Å²) in [6.07, 6.45) is 3.29. The van der Waals surface area contributed by atoms with Gasteiger partial charge in [-0.2, -0.15) is 0 Å². The molecule has 0 amide bonds. The molecule has 0 radical (unpaired) electrons. The Kier molecular flexibility index (Phi) is 12.9. The minimum absolute atomic E-state index is 0. The second-order valence-electron chi connectivity index (χ2n) is 5.61. The highest BCUT2D eigenvalue weighted by molar-refractivity contribution is 14.0.